The summed E-state index contributed by atoms with van der Waals surface area (Å²) >= 11 is 0. The Kier molecular flexibility index (Phi) is 6.48. The van der Waals surface area contributed by atoms with E-state index in [1.165, 1.54) is 4.90 Å². The molecule has 1 unspecified atom stereocenters. The molecule has 0 saturated heterocycles. The Hall–Kier alpha value is -2.28. The summed E-state index contributed by atoms with van der Waals surface area (Å²) in [5.74, 6) is 0. The fourth-order valence-corrected chi connectivity index (χ4v) is 1.58. The van der Waals surface area contributed by atoms with E-state index in [9.17, 15) is 9.59 Å². The lowest BCUT2D eigenvalue weighted by molar-refractivity contribution is 0.217. The van der Waals surface area contributed by atoms with Crippen LogP contribution >= 0.6 is 0 Å². The van der Waals surface area contributed by atoms with Crippen LogP contribution in [0.25, 0.3) is 0 Å². The van der Waals surface area contributed by atoms with Crippen molar-refractivity contribution in [1.82, 2.24) is 15.5 Å². The normalized spacial score (nSPS) is 11.4. The molecular weight excluding hydrogens is 270 g/mol. The highest BCUT2D eigenvalue weighted by atomic mass is 16.2. The highest BCUT2D eigenvalue weighted by Crippen LogP contribution is 2.15. The molecule has 7 nitrogen and oxygen atoms in total. The zero-order chi connectivity index (χ0) is 15.8. The molecule has 1 aromatic rings. The molecule has 5 N–H and O–H groups in total. The SMILES string of the molecule is CC(N)c1cccc(NC(=O)NCCNC(=O)N(C)C)c1. The van der Waals surface area contributed by atoms with Gasteiger partial charge in [-0.1, -0.05) is 12.1 Å². The maximum absolute atomic E-state index is 11.7. The van der Waals surface area contributed by atoms with Gasteiger partial charge in [-0.05, 0) is 24.6 Å². The maximum Gasteiger partial charge on any atom is 0.319 e. The third kappa shape index (κ3) is 6.13. The van der Waals surface area contributed by atoms with Gasteiger partial charge in [-0.15, -0.1) is 0 Å². The van der Waals surface area contributed by atoms with Gasteiger partial charge in [-0.25, -0.2) is 9.59 Å². The average molecular weight is 293 g/mol. The van der Waals surface area contributed by atoms with Crippen LogP contribution in [-0.2, 0) is 0 Å². The molecule has 116 valence electrons. The van der Waals surface area contributed by atoms with Gasteiger partial charge in [0, 0.05) is 38.9 Å². The summed E-state index contributed by atoms with van der Waals surface area (Å²) in [6.45, 7) is 2.59. The molecule has 21 heavy (non-hydrogen) atoms. The first-order valence-corrected chi connectivity index (χ1v) is 6.75. The molecule has 0 aromatic heterocycles. The van der Waals surface area contributed by atoms with Crippen molar-refractivity contribution in [3.8, 4) is 0 Å². The Morgan fingerprint density at radius 2 is 1.90 bits per heavy atom. The Bertz CT molecular complexity index is 488. The van der Waals surface area contributed by atoms with Crippen molar-refractivity contribution < 1.29 is 9.59 Å². The second-order valence-corrected chi connectivity index (χ2v) is 4.92. The number of nitrogens with two attached hydrogens (primary N) is 1. The van der Waals surface area contributed by atoms with Crippen molar-refractivity contribution >= 4 is 17.7 Å². The minimum absolute atomic E-state index is 0.0870. The molecule has 1 atom stereocenters. The molecule has 7 heteroatoms. The van der Waals surface area contributed by atoms with E-state index in [0.717, 1.165) is 5.56 Å². The molecule has 4 amide bonds. The van der Waals surface area contributed by atoms with E-state index >= 15 is 0 Å². The summed E-state index contributed by atoms with van der Waals surface area (Å²) in [6, 6.07) is 6.77. The average Bonchev–Trinajstić information content (AvgIpc) is 2.43. The Morgan fingerprint density at radius 1 is 1.24 bits per heavy atom. The summed E-state index contributed by atoms with van der Waals surface area (Å²) in [5.41, 5.74) is 7.42. The zero-order valence-electron chi connectivity index (χ0n) is 12.6. The lowest BCUT2D eigenvalue weighted by atomic mass is 10.1. The van der Waals surface area contributed by atoms with Gasteiger partial charge in [-0.3, -0.25) is 0 Å². The number of hydrogen-bond acceptors (Lipinski definition) is 3. The van der Waals surface area contributed by atoms with Gasteiger partial charge >= 0.3 is 12.1 Å². The van der Waals surface area contributed by atoms with Crippen molar-refractivity contribution in [2.24, 2.45) is 5.73 Å². The number of anilines is 1. The van der Waals surface area contributed by atoms with Crippen LogP contribution < -0.4 is 21.7 Å². The molecule has 0 aliphatic heterocycles. The molecule has 0 saturated carbocycles. The largest absolute Gasteiger partial charge is 0.336 e. The number of carbonyl (C=O) groups excluding carboxylic acids is 2. The van der Waals surface area contributed by atoms with Crippen LogP contribution in [0.1, 0.15) is 18.5 Å². The summed E-state index contributed by atoms with van der Waals surface area (Å²) < 4.78 is 0. The quantitative estimate of drug-likeness (QED) is 0.612. The van der Waals surface area contributed by atoms with Gasteiger partial charge in [0.1, 0.15) is 0 Å². The van der Waals surface area contributed by atoms with E-state index in [0.29, 0.717) is 18.8 Å². The van der Waals surface area contributed by atoms with Crippen LogP contribution in [0.4, 0.5) is 15.3 Å². The molecule has 0 aliphatic rings. The molecule has 0 aliphatic carbocycles. The number of rotatable bonds is 5. The van der Waals surface area contributed by atoms with Gasteiger partial charge < -0.3 is 26.6 Å². The predicted octanol–water partition coefficient (Wildman–Crippen LogP) is 1.10. The van der Waals surface area contributed by atoms with E-state index in [4.69, 9.17) is 5.73 Å². The van der Waals surface area contributed by atoms with Gasteiger partial charge in [-0.2, -0.15) is 0 Å². The predicted molar refractivity (Wildman–Crippen MR) is 83.2 cm³/mol. The topological polar surface area (TPSA) is 99.5 Å². The molecule has 0 bridgehead atoms. The number of nitrogens with one attached hydrogen (secondary N) is 3. The van der Waals surface area contributed by atoms with Crippen molar-refractivity contribution in [2.75, 3.05) is 32.5 Å². The maximum atomic E-state index is 11.7. The Labute approximate surface area is 124 Å². The third-order valence-corrected chi connectivity index (χ3v) is 2.76. The Balaban J connectivity index is 2.34. The van der Waals surface area contributed by atoms with Crippen molar-refractivity contribution in [1.29, 1.82) is 0 Å². The summed E-state index contributed by atoms with van der Waals surface area (Å²) in [5, 5.41) is 8.03. The van der Waals surface area contributed by atoms with Gasteiger partial charge in [0.05, 0.1) is 0 Å². The number of amides is 4. The highest BCUT2D eigenvalue weighted by Gasteiger charge is 2.05. The number of nitrogens with zero attached hydrogens (tertiary/aromatic N) is 1. The highest BCUT2D eigenvalue weighted by molar-refractivity contribution is 5.89. The van der Waals surface area contributed by atoms with Crippen LogP contribution in [0, 0.1) is 0 Å². The molecule has 1 rings (SSSR count). The molecule has 0 radical (unpaired) electrons. The first-order chi connectivity index (χ1) is 9.90. The number of carbonyl (C=O) groups is 2. The van der Waals surface area contributed by atoms with Crippen LogP contribution in [0.3, 0.4) is 0 Å². The molecule has 0 heterocycles. The fraction of sp³-hybridized carbons (Fsp3) is 0.429. The number of hydrogen-bond donors (Lipinski definition) is 4. The van der Waals surface area contributed by atoms with E-state index in [2.05, 4.69) is 16.0 Å². The second kappa shape index (κ2) is 8.11. The van der Waals surface area contributed by atoms with Gasteiger partial charge in [0.15, 0.2) is 0 Å². The summed E-state index contributed by atoms with van der Waals surface area (Å²) in [7, 11) is 3.31. The van der Waals surface area contributed by atoms with E-state index in [1.807, 2.05) is 25.1 Å². The third-order valence-electron chi connectivity index (χ3n) is 2.76. The first-order valence-electron chi connectivity index (χ1n) is 6.75. The van der Waals surface area contributed by atoms with E-state index in [1.54, 1.807) is 20.2 Å². The smallest absolute Gasteiger partial charge is 0.319 e. The fourth-order valence-electron chi connectivity index (χ4n) is 1.58. The van der Waals surface area contributed by atoms with Crippen LogP contribution in [0.2, 0.25) is 0 Å². The molecular formula is C14H23N5O2. The van der Waals surface area contributed by atoms with E-state index < -0.39 is 0 Å². The van der Waals surface area contributed by atoms with Crippen molar-refractivity contribution in [3.05, 3.63) is 29.8 Å². The molecule has 0 spiro atoms. The minimum Gasteiger partial charge on any atom is -0.336 e. The van der Waals surface area contributed by atoms with Crippen molar-refractivity contribution in [2.45, 2.75) is 13.0 Å². The van der Waals surface area contributed by atoms with Crippen molar-refractivity contribution in [3.63, 3.8) is 0 Å². The standard InChI is InChI=1S/C14H23N5O2/c1-10(15)11-5-4-6-12(9-11)18-13(20)16-7-8-17-14(21)19(2)3/h4-6,9-10H,7-8,15H2,1-3H3,(H,17,21)(H2,16,18,20). The number of benzene rings is 1. The van der Waals surface area contributed by atoms with E-state index in [-0.39, 0.29) is 18.1 Å². The van der Waals surface area contributed by atoms with Crippen LogP contribution in [-0.4, -0.2) is 44.1 Å². The lowest BCUT2D eigenvalue weighted by Crippen LogP contribution is -2.40. The monoisotopic (exact) mass is 293 g/mol. The van der Waals surface area contributed by atoms with Crippen LogP contribution in [0.15, 0.2) is 24.3 Å². The number of urea groups is 2. The summed E-state index contributed by atoms with van der Waals surface area (Å²) in [6.07, 6.45) is 0. The Morgan fingerprint density at radius 3 is 2.52 bits per heavy atom. The minimum atomic E-state index is -0.323. The first kappa shape index (κ1) is 16.8. The van der Waals surface area contributed by atoms with Gasteiger partial charge in [0.2, 0.25) is 0 Å². The summed E-state index contributed by atoms with van der Waals surface area (Å²) in [4.78, 5) is 24.4. The molecule has 0 fully saturated rings. The molecule has 1 aromatic carbocycles. The lowest BCUT2D eigenvalue weighted by Gasteiger charge is -2.13. The second-order valence-electron chi connectivity index (χ2n) is 4.92. The van der Waals surface area contributed by atoms with Crippen LogP contribution in [0.5, 0.6) is 0 Å². The zero-order valence-corrected chi connectivity index (χ0v) is 12.6. The van der Waals surface area contributed by atoms with Gasteiger partial charge in [0.25, 0.3) is 0 Å².